The minimum Gasteiger partial charge on any atom is -0.343 e. The van der Waals surface area contributed by atoms with Crippen LogP contribution in [-0.4, -0.2) is 36.5 Å². The molecule has 1 aliphatic carbocycles. The number of carbonyl (C=O) groups is 1. The zero-order valence-electron chi connectivity index (χ0n) is 14.0. The van der Waals surface area contributed by atoms with E-state index in [0.29, 0.717) is 17.4 Å². The Morgan fingerprint density at radius 3 is 2.29 bits per heavy atom. The van der Waals surface area contributed by atoms with Crippen LogP contribution in [0.2, 0.25) is 0 Å². The first kappa shape index (κ1) is 18.8. The van der Waals surface area contributed by atoms with Gasteiger partial charge in [-0.2, -0.15) is 0 Å². The molecule has 1 heterocycles. The van der Waals surface area contributed by atoms with Crippen molar-refractivity contribution >= 4 is 18.3 Å². The van der Waals surface area contributed by atoms with Crippen molar-refractivity contribution in [2.75, 3.05) is 19.6 Å². The predicted octanol–water partition coefficient (Wildman–Crippen LogP) is 3.62. The standard InChI is InChI=1S/C17H32N2O.ClH/c1-17(2,3)10-4-5-16(20)19-11-8-15(9-12-19)18-13-14-6-7-14;/h14-15,18H,4-13H2,1-3H3;1H. The first-order valence-electron chi connectivity index (χ1n) is 8.45. The number of piperidine rings is 1. The fourth-order valence-electron chi connectivity index (χ4n) is 2.92. The molecule has 1 saturated carbocycles. The Balaban J connectivity index is 0.00000220. The van der Waals surface area contributed by atoms with Gasteiger partial charge in [-0.15, -0.1) is 12.4 Å². The molecule has 1 saturated heterocycles. The fraction of sp³-hybridized carbons (Fsp3) is 0.941. The van der Waals surface area contributed by atoms with Gasteiger partial charge in [0, 0.05) is 25.6 Å². The molecule has 1 aliphatic heterocycles. The Morgan fingerprint density at radius 1 is 1.14 bits per heavy atom. The summed E-state index contributed by atoms with van der Waals surface area (Å²) in [7, 11) is 0. The zero-order valence-corrected chi connectivity index (χ0v) is 14.8. The summed E-state index contributed by atoms with van der Waals surface area (Å²) in [5.74, 6) is 1.32. The van der Waals surface area contributed by atoms with E-state index in [2.05, 4.69) is 31.0 Å². The van der Waals surface area contributed by atoms with Gasteiger partial charge in [0.2, 0.25) is 5.91 Å². The second-order valence-corrected chi connectivity index (χ2v) is 7.92. The average Bonchev–Trinajstić information content (AvgIpc) is 3.19. The van der Waals surface area contributed by atoms with Crippen molar-refractivity contribution in [1.29, 1.82) is 0 Å². The summed E-state index contributed by atoms with van der Waals surface area (Å²) in [5.41, 5.74) is 0.347. The quantitative estimate of drug-likeness (QED) is 0.811. The van der Waals surface area contributed by atoms with E-state index < -0.39 is 0 Å². The van der Waals surface area contributed by atoms with Gasteiger partial charge in [-0.3, -0.25) is 4.79 Å². The van der Waals surface area contributed by atoms with Crippen LogP contribution >= 0.6 is 12.4 Å². The third kappa shape index (κ3) is 7.51. The van der Waals surface area contributed by atoms with Crippen LogP contribution in [0.3, 0.4) is 0 Å². The second-order valence-electron chi connectivity index (χ2n) is 7.92. The van der Waals surface area contributed by atoms with E-state index in [0.717, 1.165) is 51.1 Å². The SMILES string of the molecule is CC(C)(C)CCCC(=O)N1CCC(NCC2CC2)CC1.Cl. The van der Waals surface area contributed by atoms with Crippen molar-refractivity contribution in [3.8, 4) is 0 Å². The summed E-state index contributed by atoms with van der Waals surface area (Å²) in [6, 6.07) is 0.647. The topological polar surface area (TPSA) is 32.3 Å². The number of nitrogens with one attached hydrogen (secondary N) is 1. The molecule has 0 unspecified atom stereocenters. The molecule has 1 N–H and O–H groups in total. The van der Waals surface area contributed by atoms with Crippen LogP contribution < -0.4 is 5.32 Å². The van der Waals surface area contributed by atoms with Gasteiger partial charge < -0.3 is 10.2 Å². The van der Waals surface area contributed by atoms with E-state index in [1.807, 2.05) is 0 Å². The monoisotopic (exact) mass is 316 g/mol. The second kappa shape index (κ2) is 8.38. The van der Waals surface area contributed by atoms with Gasteiger partial charge >= 0.3 is 0 Å². The molecule has 1 amide bonds. The lowest BCUT2D eigenvalue weighted by Crippen LogP contribution is -2.45. The molecular weight excluding hydrogens is 284 g/mol. The van der Waals surface area contributed by atoms with Crippen LogP contribution in [0.5, 0.6) is 0 Å². The Hall–Kier alpha value is -0.280. The number of hydrogen-bond donors (Lipinski definition) is 1. The minimum atomic E-state index is 0. The van der Waals surface area contributed by atoms with Gasteiger partial charge in [-0.05, 0) is 56.4 Å². The normalized spacial score (nSPS) is 20.2. The first-order valence-corrected chi connectivity index (χ1v) is 8.45. The zero-order chi connectivity index (χ0) is 14.6. The summed E-state index contributed by atoms with van der Waals surface area (Å²) in [5, 5.41) is 3.67. The number of rotatable bonds is 6. The van der Waals surface area contributed by atoms with E-state index in [1.54, 1.807) is 0 Å². The molecule has 124 valence electrons. The Labute approximate surface area is 136 Å². The highest BCUT2D eigenvalue weighted by Crippen LogP contribution is 2.28. The Kier molecular flexibility index (Phi) is 7.49. The van der Waals surface area contributed by atoms with Crippen LogP contribution in [0, 0.1) is 11.3 Å². The molecule has 0 atom stereocenters. The van der Waals surface area contributed by atoms with E-state index in [4.69, 9.17) is 0 Å². The lowest BCUT2D eigenvalue weighted by atomic mass is 9.89. The lowest BCUT2D eigenvalue weighted by molar-refractivity contribution is -0.132. The summed E-state index contributed by atoms with van der Waals surface area (Å²) < 4.78 is 0. The smallest absolute Gasteiger partial charge is 0.222 e. The highest BCUT2D eigenvalue weighted by atomic mass is 35.5. The third-order valence-corrected chi connectivity index (χ3v) is 4.56. The lowest BCUT2D eigenvalue weighted by Gasteiger charge is -2.33. The van der Waals surface area contributed by atoms with Crippen molar-refractivity contribution in [2.24, 2.45) is 11.3 Å². The van der Waals surface area contributed by atoms with Crippen molar-refractivity contribution < 1.29 is 4.79 Å². The summed E-state index contributed by atoms with van der Waals surface area (Å²) in [4.78, 5) is 14.3. The highest BCUT2D eigenvalue weighted by molar-refractivity contribution is 5.85. The largest absolute Gasteiger partial charge is 0.343 e. The molecule has 3 nitrogen and oxygen atoms in total. The number of amides is 1. The van der Waals surface area contributed by atoms with Crippen LogP contribution in [0.25, 0.3) is 0 Å². The molecule has 0 spiro atoms. The number of nitrogens with zero attached hydrogens (tertiary/aromatic N) is 1. The fourth-order valence-corrected chi connectivity index (χ4v) is 2.92. The molecule has 2 aliphatic rings. The maximum atomic E-state index is 12.2. The number of carbonyl (C=O) groups excluding carboxylic acids is 1. The predicted molar refractivity (Wildman–Crippen MR) is 90.9 cm³/mol. The van der Waals surface area contributed by atoms with Crippen molar-refractivity contribution in [1.82, 2.24) is 10.2 Å². The molecule has 0 radical (unpaired) electrons. The van der Waals surface area contributed by atoms with Crippen LogP contribution in [0.15, 0.2) is 0 Å². The van der Waals surface area contributed by atoms with E-state index in [9.17, 15) is 4.79 Å². The summed E-state index contributed by atoms with van der Waals surface area (Å²) >= 11 is 0. The van der Waals surface area contributed by atoms with Gasteiger partial charge in [-0.1, -0.05) is 20.8 Å². The maximum Gasteiger partial charge on any atom is 0.222 e. The van der Waals surface area contributed by atoms with Crippen molar-refractivity contribution in [2.45, 2.75) is 71.8 Å². The summed E-state index contributed by atoms with van der Waals surface area (Å²) in [6.45, 7) is 9.84. The molecule has 0 aromatic rings. The number of likely N-dealkylation sites (tertiary alicyclic amines) is 1. The molecule has 2 rings (SSSR count). The molecular formula is C17H33ClN2O. The molecule has 0 aromatic heterocycles. The van der Waals surface area contributed by atoms with Gasteiger partial charge in [-0.25, -0.2) is 0 Å². The third-order valence-electron chi connectivity index (χ3n) is 4.56. The van der Waals surface area contributed by atoms with Crippen molar-refractivity contribution in [3.63, 3.8) is 0 Å². The van der Waals surface area contributed by atoms with Crippen LogP contribution in [0.4, 0.5) is 0 Å². The Morgan fingerprint density at radius 2 is 1.76 bits per heavy atom. The van der Waals surface area contributed by atoms with Gasteiger partial charge in [0.25, 0.3) is 0 Å². The van der Waals surface area contributed by atoms with E-state index in [1.165, 1.54) is 19.4 Å². The Bertz CT molecular complexity index is 315. The molecule has 4 heteroatoms. The summed E-state index contributed by atoms with van der Waals surface area (Å²) in [6.07, 6.45) is 8.00. The molecule has 0 bridgehead atoms. The molecule has 2 fully saturated rings. The van der Waals surface area contributed by atoms with Gasteiger partial charge in [0.15, 0.2) is 0 Å². The number of hydrogen-bond acceptors (Lipinski definition) is 2. The van der Waals surface area contributed by atoms with Crippen LogP contribution in [-0.2, 0) is 4.79 Å². The van der Waals surface area contributed by atoms with Crippen LogP contribution in [0.1, 0.15) is 65.7 Å². The van der Waals surface area contributed by atoms with E-state index in [-0.39, 0.29) is 12.4 Å². The average molecular weight is 317 g/mol. The van der Waals surface area contributed by atoms with Gasteiger partial charge in [0.1, 0.15) is 0 Å². The molecule has 0 aromatic carbocycles. The maximum absolute atomic E-state index is 12.2. The van der Waals surface area contributed by atoms with E-state index >= 15 is 0 Å². The van der Waals surface area contributed by atoms with Gasteiger partial charge in [0.05, 0.1) is 0 Å². The van der Waals surface area contributed by atoms with Crippen molar-refractivity contribution in [3.05, 3.63) is 0 Å². The molecule has 21 heavy (non-hydrogen) atoms. The number of halogens is 1. The minimum absolute atomic E-state index is 0. The highest BCUT2D eigenvalue weighted by Gasteiger charge is 2.25. The first-order chi connectivity index (χ1) is 9.44.